The van der Waals surface area contributed by atoms with E-state index in [0.29, 0.717) is 41.9 Å². The van der Waals surface area contributed by atoms with Gasteiger partial charge >= 0.3 is 11.7 Å². The molecule has 1 aliphatic heterocycles. The molecule has 200 valence electrons. The second-order valence-corrected chi connectivity index (χ2v) is 11.0. The molecule has 1 fully saturated rings. The summed E-state index contributed by atoms with van der Waals surface area (Å²) >= 11 is 18.7. The number of nitrogens with one attached hydrogen (secondary N) is 1. The molecule has 0 unspecified atom stereocenters. The second-order valence-electron chi connectivity index (χ2n) is 8.46. The minimum atomic E-state index is -0.542. The first kappa shape index (κ1) is 27.0. The molecule has 1 amide bonds. The van der Waals surface area contributed by atoms with Gasteiger partial charge in [-0.3, -0.25) is 23.3 Å². The summed E-state index contributed by atoms with van der Waals surface area (Å²) < 4.78 is 15.9. The van der Waals surface area contributed by atoms with Gasteiger partial charge in [0.15, 0.2) is 22.7 Å². The predicted octanol–water partition coefficient (Wildman–Crippen LogP) is 4.08. The average Bonchev–Trinajstić information content (AvgIpc) is 3.42. The Morgan fingerprint density at radius 1 is 1.08 bits per heavy atom. The van der Waals surface area contributed by atoms with Crippen molar-refractivity contribution in [2.24, 2.45) is 14.1 Å². The second kappa shape index (κ2) is 10.5. The maximum Gasteiger partial charge on any atom is 0.332 e. The molecule has 1 N–H and O–H groups in total. The van der Waals surface area contributed by atoms with Crippen LogP contribution in [0.1, 0.15) is 11.1 Å². The van der Waals surface area contributed by atoms with E-state index >= 15 is 0 Å². The standard InChI is InChI=1S/C25H19Cl2N5O5S2/c1-30-20-19(22(34)31(2)25(30)35)32(11-13-5-6-14(26)10-15(13)27)23(28-20)37-16-7-4-12(8-17(16)36-3)9-18-21(33)29-24(38)39-18/h4-10H,11H2,1-3H3,(H,29,33,38). The number of methoxy groups -OCH3 is 1. The fourth-order valence-electron chi connectivity index (χ4n) is 4.00. The Kier molecular flexibility index (Phi) is 7.29. The van der Waals surface area contributed by atoms with E-state index in [4.69, 9.17) is 44.9 Å². The van der Waals surface area contributed by atoms with Gasteiger partial charge in [0.05, 0.1) is 18.6 Å². The highest BCUT2D eigenvalue weighted by molar-refractivity contribution is 8.26. The van der Waals surface area contributed by atoms with Crippen LogP contribution in [0.4, 0.5) is 0 Å². The number of thiocarbonyl (C=S) groups is 1. The number of ether oxygens (including phenoxy) is 2. The largest absolute Gasteiger partial charge is 0.493 e. The van der Waals surface area contributed by atoms with E-state index in [9.17, 15) is 14.4 Å². The third-order valence-electron chi connectivity index (χ3n) is 5.99. The number of rotatable bonds is 6. The highest BCUT2D eigenvalue weighted by Crippen LogP contribution is 2.35. The first-order chi connectivity index (χ1) is 18.6. The van der Waals surface area contributed by atoms with E-state index in [1.54, 1.807) is 47.0 Å². The van der Waals surface area contributed by atoms with Crippen molar-refractivity contribution in [2.75, 3.05) is 7.11 Å². The summed E-state index contributed by atoms with van der Waals surface area (Å²) in [5.41, 5.74) is 0.556. The molecule has 0 bridgehead atoms. The summed E-state index contributed by atoms with van der Waals surface area (Å²) in [6.07, 6.45) is 1.68. The minimum Gasteiger partial charge on any atom is -0.493 e. The van der Waals surface area contributed by atoms with E-state index in [0.717, 1.165) is 4.57 Å². The number of aromatic nitrogens is 4. The quantitative estimate of drug-likeness (QED) is 0.259. The molecule has 0 atom stereocenters. The molecule has 14 heteroatoms. The zero-order valence-electron chi connectivity index (χ0n) is 20.7. The van der Waals surface area contributed by atoms with Crippen LogP contribution in [0.15, 0.2) is 50.9 Å². The number of hydrogen-bond acceptors (Lipinski definition) is 8. The van der Waals surface area contributed by atoms with Crippen molar-refractivity contribution in [3.63, 3.8) is 0 Å². The van der Waals surface area contributed by atoms with Crippen LogP contribution in [0.5, 0.6) is 17.5 Å². The molecule has 2 aromatic carbocycles. The van der Waals surface area contributed by atoms with Crippen LogP contribution in [0, 0.1) is 0 Å². The molecule has 0 aliphatic carbocycles. The molecule has 4 aromatic rings. The van der Waals surface area contributed by atoms with E-state index in [-0.39, 0.29) is 29.6 Å². The van der Waals surface area contributed by atoms with Crippen molar-refractivity contribution in [2.45, 2.75) is 6.54 Å². The number of halogens is 2. The Morgan fingerprint density at radius 2 is 1.85 bits per heavy atom. The van der Waals surface area contributed by atoms with Crippen LogP contribution < -0.4 is 26.0 Å². The number of benzene rings is 2. The van der Waals surface area contributed by atoms with E-state index < -0.39 is 11.2 Å². The molecule has 39 heavy (non-hydrogen) atoms. The summed E-state index contributed by atoms with van der Waals surface area (Å²) in [4.78, 5) is 42.8. The zero-order valence-corrected chi connectivity index (χ0v) is 23.8. The van der Waals surface area contributed by atoms with Crippen molar-refractivity contribution in [1.29, 1.82) is 0 Å². The van der Waals surface area contributed by atoms with Gasteiger partial charge in [-0.15, -0.1) is 0 Å². The maximum atomic E-state index is 13.2. The normalized spacial score (nSPS) is 14.3. The number of aryl methyl sites for hydroxylation is 1. The van der Waals surface area contributed by atoms with E-state index in [1.807, 2.05) is 0 Å². The lowest BCUT2D eigenvalue weighted by Gasteiger charge is -2.13. The number of nitrogens with zero attached hydrogens (tertiary/aromatic N) is 4. The molecular formula is C25H19Cl2N5O5S2. The van der Waals surface area contributed by atoms with Gasteiger partial charge in [-0.2, -0.15) is 4.98 Å². The van der Waals surface area contributed by atoms with Crippen molar-refractivity contribution >= 4 is 74.6 Å². The van der Waals surface area contributed by atoms with Crippen LogP contribution in [-0.2, 0) is 25.4 Å². The van der Waals surface area contributed by atoms with Gasteiger partial charge in [0, 0.05) is 24.1 Å². The minimum absolute atomic E-state index is 0.0368. The van der Waals surface area contributed by atoms with Gasteiger partial charge in [0.1, 0.15) is 4.32 Å². The SMILES string of the molecule is COc1cc(C=C2SC(=S)NC2=O)ccc1Oc1nc2c(c(=O)n(C)c(=O)n2C)n1Cc1ccc(Cl)cc1Cl. The van der Waals surface area contributed by atoms with Gasteiger partial charge in [-0.1, -0.05) is 59.3 Å². The van der Waals surface area contributed by atoms with Crippen molar-refractivity contribution in [1.82, 2.24) is 24.0 Å². The Balaban J connectivity index is 1.62. The molecule has 0 spiro atoms. The number of amides is 1. The molecule has 2 aromatic heterocycles. The number of carbonyl (C=O) groups is 1. The first-order valence-electron chi connectivity index (χ1n) is 11.3. The maximum absolute atomic E-state index is 13.2. The zero-order chi connectivity index (χ0) is 28.0. The van der Waals surface area contributed by atoms with Gasteiger partial charge < -0.3 is 14.8 Å². The van der Waals surface area contributed by atoms with Crippen molar-refractivity contribution in [3.8, 4) is 17.5 Å². The van der Waals surface area contributed by atoms with E-state index in [1.165, 1.54) is 37.5 Å². The number of carbonyl (C=O) groups excluding carboxylic acids is 1. The van der Waals surface area contributed by atoms with Crippen LogP contribution in [0.3, 0.4) is 0 Å². The Morgan fingerprint density at radius 3 is 2.51 bits per heavy atom. The van der Waals surface area contributed by atoms with Crippen molar-refractivity contribution in [3.05, 3.63) is 83.3 Å². The third-order valence-corrected chi connectivity index (χ3v) is 7.73. The molecule has 5 rings (SSSR count). The van der Waals surface area contributed by atoms with Gasteiger partial charge in [-0.25, -0.2) is 4.79 Å². The summed E-state index contributed by atoms with van der Waals surface area (Å²) in [5.74, 6) is 0.366. The predicted molar refractivity (Wildman–Crippen MR) is 155 cm³/mol. The summed E-state index contributed by atoms with van der Waals surface area (Å²) in [6.45, 7) is 0.105. The smallest absolute Gasteiger partial charge is 0.332 e. The van der Waals surface area contributed by atoms with Crippen LogP contribution >= 0.6 is 47.2 Å². The first-order valence-corrected chi connectivity index (χ1v) is 13.3. The highest BCUT2D eigenvalue weighted by Gasteiger charge is 2.24. The number of thioether (sulfide) groups is 1. The molecule has 10 nitrogen and oxygen atoms in total. The van der Waals surface area contributed by atoms with Crippen molar-refractivity contribution < 1.29 is 14.3 Å². The van der Waals surface area contributed by atoms with Gasteiger partial charge in [0.25, 0.3) is 11.5 Å². The summed E-state index contributed by atoms with van der Waals surface area (Å²) in [7, 11) is 4.39. The molecule has 3 heterocycles. The Hall–Kier alpha value is -3.58. The molecule has 1 aliphatic rings. The van der Waals surface area contributed by atoms with Gasteiger partial charge in [-0.05, 0) is 41.5 Å². The van der Waals surface area contributed by atoms with Gasteiger partial charge in [0.2, 0.25) is 0 Å². The lowest BCUT2D eigenvalue weighted by molar-refractivity contribution is -0.115. The molecule has 0 radical (unpaired) electrons. The lowest BCUT2D eigenvalue weighted by atomic mass is 10.2. The Bertz CT molecular complexity index is 1840. The number of hydrogen-bond donors (Lipinski definition) is 1. The lowest BCUT2D eigenvalue weighted by Crippen LogP contribution is -2.37. The number of fused-ring (bicyclic) bond motifs is 1. The topological polar surface area (TPSA) is 109 Å². The monoisotopic (exact) mass is 603 g/mol. The highest BCUT2D eigenvalue weighted by atomic mass is 35.5. The number of imidazole rings is 1. The summed E-state index contributed by atoms with van der Waals surface area (Å²) in [6, 6.07) is 10.1. The molecule has 1 saturated heterocycles. The van der Waals surface area contributed by atoms with Crippen LogP contribution in [0.25, 0.3) is 17.2 Å². The molecule has 0 saturated carbocycles. The summed E-state index contributed by atoms with van der Waals surface area (Å²) in [5, 5.41) is 3.43. The molecular weight excluding hydrogens is 585 g/mol. The fourth-order valence-corrected chi connectivity index (χ4v) is 5.51. The third kappa shape index (κ3) is 5.08. The Labute approximate surface area is 240 Å². The van der Waals surface area contributed by atoms with Crippen LogP contribution in [-0.4, -0.2) is 36.0 Å². The fraction of sp³-hybridized carbons (Fsp3) is 0.160. The average molecular weight is 604 g/mol. The van der Waals surface area contributed by atoms with E-state index in [2.05, 4.69) is 10.3 Å². The van der Waals surface area contributed by atoms with Crippen LogP contribution in [0.2, 0.25) is 10.0 Å².